The number of rotatable bonds is 5. The van der Waals surface area contributed by atoms with Crippen molar-refractivity contribution in [2.75, 3.05) is 0 Å². The SMILES string of the molecule is NC(=O)c1ccc(Oc2ccc([C@H](N)C3CCc4ccccc43)c3ccccc23)nc1. The predicted molar refractivity (Wildman–Crippen MR) is 121 cm³/mol. The monoisotopic (exact) mass is 409 g/mol. The molecule has 1 aliphatic rings. The fourth-order valence-corrected chi connectivity index (χ4v) is 4.55. The normalized spacial score (nSPS) is 16.1. The molecule has 4 N–H and O–H groups in total. The van der Waals surface area contributed by atoms with Crippen molar-refractivity contribution in [1.82, 2.24) is 4.98 Å². The van der Waals surface area contributed by atoms with Gasteiger partial charge in [-0.3, -0.25) is 4.79 Å². The van der Waals surface area contributed by atoms with E-state index in [0.29, 0.717) is 23.1 Å². The molecule has 2 atom stereocenters. The van der Waals surface area contributed by atoms with E-state index in [1.165, 1.54) is 17.3 Å². The molecule has 1 aromatic heterocycles. The first-order valence-corrected chi connectivity index (χ1v) is 10.4. The van der Waals surface area contributed by atoms with Gasteiger partial charge in [0.25, 0.3) is 0 Å². The van der Waals surface area contributed by atoms with E-state index in [9.17, 15) is 4.79 Å². The van der Waals surface area contributed by atoms with Gasteiger partial charge in [0.15, 0.2) is 0 Å². The Labute approximate surface area is 180 Å². The van der Waals surface area contributed by atoms with Gasteiger partial charge in [0.1, 0.15) is 5.75 Å². The summed E-state index contributed by atoms with van der Waals surface area (Å²) in [6.45, 7) is 0. The molecule has 0 saturated carbocycles. The number of nitrogens with zero attached hydrogens (tertiary/aromatic N) is 1. The Balaban J connectivity index is 1.50. The zero-order valence-corrected chi connectivity index (χ0v) is 17.0. The van der Waals surface area contributed by atoms with Crippen LogP contribution in [0.1, 0.15) is 45.4 Å². The summed E-state index contributed by atoms with van der Waals surface area (Å²) in [7, 11) is 0. The highest BCUT2D eigenvalue weighted by molar-refractivity contribution is 5.93. The Hall–Kier alpha value is -3.70. The molecule has 0 fully saturated rings. The number of aryl methyl sites for hydroxylation is 1. The number of hydrogen-bond acceptors (Lipinski definition) is 4. The number of primary amides is 1. The maximum absolute atomic E-state index is 11.3. The summed E-state index contributed by atoms with van der Waals surface area (Å²) in [5.74, 6) is 0.875. The molecule has 0 aliphatic heterocycles. The molecule has 1 amide bonds. The van der Waals surface area contributed by atoms with Crippen LogP contribution in [0.25, 0.3) is 10.8 Å². The van der Waals surface area contributed by atoms with E-state index >= 15 is 0 Å². The van der Waals surface area contributed by atoms with Gasteiger partial charge in [-0.2, -0.15) is 0 Å². The van der Waals surface area contributed by atoms with Crippen molar-refractivity contribution < 1.29 is 9.53 Å². The Morgan fingerprint density at radius 1 is 0.968 bits per heavy atom. The molecule has 5 rings (SSSR count). The summed E-state index contributed by atoms with van der Waals surface area (Å²) >= 11 is 0. The lowest BCUT2D eigenvalue weighted by molar-refractivity contribution is 0.1000. The van der Waals surface area contributed by atoms with Crippen LogP contribution in [0.2, 0.25) is 0 Å². The van der Waals surface area contributed by atoms with Crippen LogP contribution in [-0.2, 0) is 6.42 Å². The Morgan fingerprint density at radius 2 is 1.74 bits per heavy atom. The molecule has 0 spiro atoms. The van der Waals surface area contributed by atoms with E-state index in [-0.39, 0.29) is 6.04 Å². The lowest BCUT2D eigenvalue weighted by atomic mass is 9.86. The number of amides is 1. The van der Waals surface area contributed by atoms with Crippen molar-refractivity contribution in [2.24, 2.45) is 11.5 Å². The fourth-order valence-electron chi connectivity index (χ4n) is 4.55. The molecule has 5 nitrogen and oxygen atoms in total. The average molecular weight is 409 g/mol. The number of aromatic nitrogens is 1. The van der Waals surface area contributed by atoms with Gasteiger partial charge in [-0.25, -0.2) is 4.98 Å². The summed E-state index contributed by atoms with van der Waals surface area (Å²) in [6.07, 6.45) is 3.55. The van der Waals surface area contributed by atoms with E-state index in [1.807, 2.05) is 24.3 Å². The van der Waals surface area contributed by atoms with Gasteiger partial charge >= 0.3 is 0 Å². The summed E-state index contributed by atoms with van der Waals surface area (Å²) < 4.78 is 6.04. The van der Waals surface area contributed by atoms with Crippen molar-refractivity contribution in [1.29, 1.82) is 0 Å². The van der Waals surface area contributed by atoms with Crippen LogP contribution < -0.4 is 16.2 Å². The van der Waals surface area contributed by atoms with Crippen molar-refractivity contribution in [2.45, 2.75) is 24.8 Å². The summed E-state index contributed by atoms with van der Waals surface area (Å²) in [4.78, 5) is 15.5. The lowest BCUT2D eigenvalue weighted by Gasteiger charge is -2.23. The van der Waals surface area contributed by atoms with Crippen molar-refractivity contribution in [3.05, 3.63) is 101 Å². The molecule has 1 aliphatic carbocycles. The number of fused-ring (bicyclic) bond motifs is 2. The highest BCUT2D eigenvalue weighted by Gasteiger charge is 2.29. The van der Waals surface area contributed by atoms with Gasteiger partial charge in [0.2, 0.25) is 11.8 Å². The van der Waals surface area contributed by atoms with Crippen LogP contribution in [0.15, 0.2) is 79.0 Å². The average Bonchev–Trinajstić information content (AvgIpc) is 3.23. The largest absolute Gasteiger partial charge is 0.438 e. The van der Waals surface area contributed by atoms with Crippen LogP contribution in [0.3, 0.4) is 0 Å². The van der Waals surface area contributed by atoms with Gasteiger partial charge in [-0.1, -0.05) is 54.6 Å². The van der Waals surface area contributed by atoms with Gasteiger partial charge in [-0.05, 0) is 47.1 Å². The molecule has 4 aromatic rings. The first kappa shape index (κ1) is 19.3. The number of carbonyl (C=O) groups excluding carboxylic acids is 1. The quantitative estimate of drug-likeness (QED) is 0.493. The van der Waals surface area contributed by atoms with E-state index in [4.69, 9.17) is 16.2 Å². The molecular weight excluding hydrogens is 386 g/mol. The van der Waals surface area contributed by atoms with Gasteiger partial charge < -0.3 is 16.2 Å². The van der Waals surface area contributed by atoms with Crippen LogP contribution in [0, 0.1) is 0 Å². The van der Waals surface area contributed by atoms with Crippen LogP contribution in [-0.4, -0.2) is 10.9 Å². The first-order chi connectivity index (χ1) is 15.1. The number of hydrogen-bond donors (Lipinski definition) is 2. The molecule has 31 heavy (non-hydrogen) atoms. The Kier molecular flexibility index (Phi) is 4.88. The van der Waals surface area contributed by atoms with Crippen molar-refractivity contribution in [3.63, 3.8) is 0 Å². The van der Waals surface area contributed by atoms with Gasteiger partial charge in [0, 0.05) is 29.6 Å². The van der Waals surface area contributed by atoms with Crippen LogP contribution >= 0.6 is 0 Å². The van der Waals surface area contributed by atoms with E-state index in [1.54, 1.807) is 12.1 Å². The third kappa shape index (κ3) is 3.53. The predicted octanol–water partition coefficient (Wildman–Crippen LogP) is 4.86. The molecule has 0 radical (unpaired) electrons. The molecule has 0 bridgehead atoms. The standard InChI is InChI=1S/C26H23N3O2/c27-25(21-11-9-16-5-1-2-6-18(16)21)22-12-13-23(20-8-4-3-7-19(20)22)31-24-14-10-17(15-29-24)26(28)30/h1-8,10,12-15,21,25H,9,11,27H2,(H2,28,30)/t21?,25-/m1/s1. The third-order valence-electron chi connectivity index (χ3n) is 6.13. The van der Waals surface area contributed by atoms with Gasteiger partial charge in [0.05, 0.1) is 5.56 Å². The number of benzene rings is 3. The topological polar surface area (TPSA) is 91.2 Å². The smallest absolute Gasteiger partial charge is 0.250 e. The number of pyridine rings is 1. The molecular formula is C26H23N3O2. The Morgan fingerprint density at radius 3 is 2.52 bits per heavy atom. The molecule has 5 heteroatoms. The van der Waals surface area contributed by atoms with Crippen LogP contribution in [0.5, 0.6) is 11.6 Å². The fraction of sp³-hybridized carbons (Fsp3) is 0.154. The number of nitrogens with two attached hydrogens (primary N) is 2. The number of ether oxygens (including phenoxy) is 1. The minimum absolute atomic E-state index is 0.101. The third-order valence-corrected chi connectivity index (χ3v) is 6.13. The van der Waals surface area contributed by atoms with Crippen molar-refractivity contribution >= 4 is 16.7 Å². The number of carbonyl (C=O) groups is 1. The molecule has 3 aromatic carbocycles. The highest BCUT2D eigenvalue weighted by atomic mass is 16.5. The maximum Gasteiger partial charge on any atom is 0.250 e. The Bertz CT molecular complexity index is 1270. The second-order valence-corrected chi connectivity index (χ2v) is 7.92. The van der Waals surface area contributed by atoms with Gasteiger partial charge in [-0.15, -0.1) is 0 Å². The second-order valence-electron chi connectivity index (χ2n) is 7.92. The van der Waals surface area contributed by atoms with Crippen molar-refractivity contribution in [3.8, 4) is 11.6 Å². The lowest BCUT2D eigenvalue weighted by Crippen LogP contribution is -2.18. The molecule has 1 unspecified atom stereocenters. The second kappa shape index (κ2) is 7.85. The van der Waals surface area contributed by atoms with E-state index < -0.39 is 5.91 Å². The molecule has 154 valence electrons. The molecule has 1 heterocycles. The molecule has 0 saturated heterocycles. The van der Waals surface area contributed by atoms with E-state index in [2.05, 4.69) is 41.4 Å². The summed E-state index contributed by atoms with van der Waals surface area (Å²) in [5.41, 5.74) is 16.3. The maximum atomic E-state index is 11.3. The minimum Gasteiger partial charge on any atom is -0.438 e. The zero-order valence-electron chi connectivity index (χ0n) is 17.0. The highest BCUT2D eigenvalue weighted by Crippen LogP contribution is 2.43. The first-order valence-electron chi connectivity index (χ1n) is 10.4. The van der Waals surface area contributed by atoms with E-state index in [0.717, 1.165) is 29.2 Å². The zero-order chi connectivity index (χ0) is 21.4. The minimum atomic E-state index is -0.517. The van der Waals surface area contributed by atoms with Crippen LogP contribution in [0.4, 0.5) is 0 Å². The summed E-state index contributed by atoms with van der Waals surface area (Å²) in [5, 5.41) is 2.05. The summed E-state index contributed by atoms with van der Waals surface area (Å²) in [6, 6.07) is 23.9.